The van der Waals surface area contributed by atoms with E-state index in [1.807, 2.05) is 0 Å². The SMILES string of the molecule is CCOC(=O)C(C(=O)OCC)c1nncc2ccc(Cl)cc12. The Morgan fingerprint density at radius 1 is 1.18 bits per heavy atom. The molecule has 0 aliphatic rings. The predicted octanol–water partition coefficient (Wildman–Crippen LogP) is 2.49. The summed E-state index contributed by atoms with van der Waals surface area (Å²) in [6.07, 6.45) is 1.53. The summed E-state index contributed by atoms with van der Waals surface area (Å²) in [5.74, 6) is -2.72. The summed E-state index contributed by atoms with van der Waals surface area (Å²) >= 11 is 6.00. The molecule has 116 valence electrons. The molecule has 1 heterocycles. The van der Waals surface area contributed by atoms with Crippen molar-refractivity contribution >= 4 is 34.3 Å². The number of benzene rings is 1. The number of carbonyl (C=O) groups excluding carboxylic acids is 2. The fourth-order valence-corrected chi connectivity index (χ4v) is 2.23. The molecule has 0 spiro atoms. The van der Waals surface area contributed by atoms with E-state index < -0.39 is 17.9 Å². The van der Waals surface area contributed by atoms with Crippen LogP contribution < -0.4 is 0 Å². The molecule has 2 rings (SSSR count). The van der Waals surface area contributed by atoms with Crippen LogP contribution in [0.15, 0.2) is 24.4 Å². The number of halogens is 1. The van der Waals surface area contributed by atoms with Gasteiger partial charge in [0.2, 0.25) is 0 Å². The fourth-order valence-electron chi connectivity index (χ4n) is 2.05. The first kappa shape index (κ1) is 16.2. The van der Waals surface area contributed by atoms with E-state index in [2.05, 4.69) is 10.2 Å². The zero-order valence-electron chi connectivity index (χ0n) is 12.2. The van der Waals surface area contributed by atoms with Crippen molar-refractivity contribution in [3.8, 4) is 0 Å². The molecule has 0 fully saturated rings. The molecule has 0 unspecified atom stereocenters. The van der Waals surface area contributed by atoms with E-state index in [1.165, 1.54) is 6.20 Å². The number of rotatable bonds is 5. The molecule has 0 N–H and O–H groups in total. The minimum absolute atomic E-state index is 0.147. The summed E-state index contributed by atoms with van der Waals surface area (Å²) in [6, 6.07) is 5.06. The van der Waals surface area contributed by atoms with Gasteiger partial charge in [0.15, 0.2) is 5.92 Å². The van der Waals surface area contributed by atoms with Gasteiger partial charge in [-0.15, -0.1) is 0 Å². The van der Waals surface area contributed by atoms with E-state index in [0.29, 0.717) is 15.8 Å². The minimum atomic E-state index is -1.28. The smallest absolute Gasteiger partial charge is 0.326 e. The zero-order chi connectivity index (χ0) is 16.1. The molecule has 0 bridgehead atoms. The number of esters is 2. The normalized spacial score (nSPS) is 10.7. The number of aromatic nitrogens is 2. The third-order valence-electron chi connectivity index (χ3n) is 2.97. The molecule has 0 radical (unpaired) electrons. The van der Waals surface area contributed by atoms with Crippen LogP contribution in [0.3, 0.4) is 0 Å². The highest BCUT2D eigenvalue weighted by Gasteiger charge is 2.34. The summed E-state index contributed by atoms with van der Waals surface area (Å²) in [6.45, 7) is 3.61. The maximum Gasteiger partial charge on any atom is 0.326 e. The van der Waals surface area contributed by atoms with E-state index in [9.17, 15) is 9.59 Å². The van der Waals surface area contributed by atoms with Crippen molar-refractivity contribution in [2.24, 2.45) is 0 Å². The maximum absolute atomic E-state index is 12.2. The van der Waals surface area contributed by atoms with Crippen molar-refractivity contribution < 1.29 is 19.1 Å². The van der Waals surface area contributed by atoms with Gasteiger partial charge in [-0.1, -0.05) is 17.7 Å². The Bertz CT molecular complexity index is 687. The first-order valence-corrected chi connectivity index (χ1v) is 7.20. The Labute approximate surface area is 132 Å². The standard InChI is InChI=1S/C15H15ClN2O4/c1-3-21-14(19)12(15(20)22-4-2)13-11-7-10(16)6-5-9(11)8-17-18-13/h5-8,12H,3-4H2,1-2H3. The van der Waals surface area contributed by atoms with Crippen LogP contribution in [0.4, 0.5) is 0 Å². The summed E-state index contributed by atoms with van der Waals surface area (Å²) < 4.78 is 9.93. The molecule has 2 aromatic rings. The third-order valence-corrected chi connectivity index (χ3v) is 3.21. The molecule has 0 aliphatic carbocycles. The summed E-state index contributed by atoms with van der Waals surface area (Å²) in [5, 5.41) is 9.53. The summed E-state index contributed by atoms with van der Waals surface area (Å²) in [7, 11) is 0. The van der Waals surface area contributed by atoms with Crippen LogP contribution in [0.1, 0.15) is 25.5 Å². The highest BCUT2D eigenvalue weighted by atomic mass is 35.5. The second-order valence-corrected chi connectivity index (χ2v) is 4.83. The van der Waals surface area contributed by atoms with Gasteiger partial charge in [-0.3, -0.25) is 9.59 Å². The number of hydrogen-bond donors (Lipinski definition) is 0. The summed E-state index contributed by atoms with van der Waals surface area (Å²) in [4.78, 5) is 24.3. The highest BCUT2D eigenvalue weighted by Crippen LogP contribution is 2.27. The number of hydrogen-bond acceptors (Lipinski definition) is 6. The van der Waals surface area contributed by atoms with Crippen LogP contribution in [-0.2, 0) is 19.1 Å². The first-order valence-electron chi connectivity index (χ1n) is 6.82. The average molecular weight is 323 g/mol. The molecule has 0 saturated heterocycles. The van der Waals surface area contributed by atoms with Gasteiger partial charge in [0.1, 0.15) is 0 Å². The van der Waals surface area contributed by atoms with Crippen LogP contribution in [0.5, 0.6) is 0 Å². The van der Waals surface area contributed by atoms with Crippen LogP contribution in [0.2, 0.25) is 5.02 Å². The number of nitrogens with zero attached hydrogens (tertiary/aromatic N) is 2. The second-order valence-electron chi connectivity index (χ2n) is 4.40. The van der Waals surface area contributed by atoms with Crippen molar-refractivity contribution in [3.05, 3.63) is 35.1 Å². The minimum Gasteiger partial charge on any atom is -0.465 e. The topological polar surface area (TPSA) is 78.4 Å². The Morgan fingerprint density at radius 3 is 2.41 bits per heavy atom. The average Bonchev–Trinajstić information content (AvgIpc) is 2.48. The molecule has 1 aromatic heterocycles. The van der Waals surface area contributed by atoms with Gasteiger partial charge in [0.05, 0.1) is 25.1 Å². The monoisotopic (exact) mass is 322 g/mol. The molecule has 0 atom stereocenters. The Morgan fingerprint density at radius 2 is 1.82 bits per heavy atom. The maximum atomic E-state index is 12.2. The highest BCUT2D eigenvalue weighted by molar-refractivity contribution is 6.31. The molecule has 22 heavy (non-hydrogen) atoms. The molecule has 0 aliphatic heterocycles. The zero-order valence-corrected chi connectivity index (χ0v) is 13.0. The van der Waals surface area contributed by atoms with Crippen LogP contribution in [-0.4, -0.2) is 35.3 Å². The van der Waals surface area contributed by atoms with Gasteiger partial charge in [-0.05, 0) is 26.0 Å². The second kappa shape index (κ2) is 7.17. The Kier molecular flexibility index (Phi) is 5.27. The van der Waals surface area contributed by atoms with Crippen molar-refractivity contribution in [2.75, 3.05) is 13.2 Å². The van der Waals surface area contributed by atoms with Gasteiger partial charge < -0.3 is 9.47 Å². The molecular weight excluding hydrogens is 308 g/mol. The summed E-state index contributed by atoms with van der Waals surface area (Å²) in [5.41, 5.74) is 0.178. The largest absolute Gasteiger partial charge is 0.465 e. The third kappa shape index (κ3) is 3.33. The predicted molar refractivity (Wildman–Crippen MR) is 80.6 cm³/mol. The van der Waals surface area contributed by atoms with Crippen LogP contribution >= 0.6 is 11.6 Å². The van der Waals surface area contributed by atoms with Crippen molar-refractivity contribution in [1.82, 2.24) is 10.2 Å². The van der Waals surface area contributed by atoms with Crippen LogP contribution in [0.25, 0.3) is 10.8 Å². The van der Waals surface area contributed by atoms with Crippen molar-refractivity contribution in [3.63, 3.8) is 0 Å². The lowest BCUT2D eigenvalue weighted by molar-refractivity contribution is -0.157. The van der Waals surface area contributed by atoms with E-state index in [0.717, 1.165) is 0 Å². The lowest BCUT2D eigenvalue weighted by Gasteiger charge is -2.15. The molecular formula is C15H15ClN2O4. The molecule has 7 heteroatoms. The number of fused-ring (bicyclic) bond motifs is 1. The number of carbonyl (C=O) groups is 2. The molecule has 6 nitrogen and oxygen atoms in total. The lowest BCUT2D eigenvalue weighted by Crippen LogP contribution is -2.27. The van der Waals surface area contributed by atoms with E-state index in [-0.39, 0.29) is 18.9 Å². The Balaban J connectivity index is 2.58. The van der Waals surface area contributed by atoms with Gasteiger partial charge >= 0.3 is 11.9 Å². The van der Waals surface area contributed by atoms with E-state index in [4.69, 9.17) is 21.1 Å². The van der Waals surface area contributed by atoms with Crippen LogP contribution in [0, 0.1) is 0 Å². The molecule has 1 aromatic carbocycles. The molecule has 0 amide bonds. The fraction of sp³-hybridized carbons (Fsp3) is 0.333. The van der Waals surface area contributed by atoms with Gasteiger partial charge in [-0.25, -0.2) is 0 Å². The molecule has 0 saturated carbocycles. The van der Waals surface area contributed by atoms with Gasteiger partial charge in [-0.2, -0.15) is 10.2 Å². The van der Waals surface area contributed by atoms with Gasteiger partial charge in [0.25, 0.3) is 0 Å². The lowest BCUT2D eigenvalue weighted by atomic mass is 10.00. The van der Waals surface area contributed by atoms with E-state index in [1.54, 1.807) is 32.0 Å². The van der Waals surface area contributed by atoms with Crippen molar-refractivity contribution in [1.29, 1.82) is 0 Å². The Hall–Kier alpha value is -2.21. The number of ether oxygens (including phenoxy) is 2. The van der Waals surface area contributed by atoms with Crippen molar-refractivity contribution in [2.45, 2.75) is 19.8 Å². The quantitative estimate of drug-likeness (QED) is 0.621. The van der Waals surface area contributed by atoms with E-state index >= 15 is 0 Å². The first-order chi connectivity index (χ1) is 10.6. The van der Waals surface area contributed by atoms with Gasteiger partial charge in [0, 0.05) is 15.8 Å².